The van der Waals surface area contributed by atoms with Crippen molar-refractivity contribution >= 4 is 57.5 Å². The smallest absolute Gasteiger partial charge is 0.259 e. The molecule has 0 saturated carbocycles. The second kappa shape index (κ2) is 11.8. The van der Waals surface area contributed by atoms with Crippen LogP contribution in [-0.4, -0.2) is 33.1 Å². The molecule has 0 bridgehead atoms. The van der Waals surface area contributed by atoms with Gasteiger partial charge in [0.2, 0.25) is 0 Å². The van der Waals surface area contributed by atoms with Crippen molar-refractivity contribution < 1.29 is 14.6 Å². The summed E-state index contributed by atoms with van der Waals surface area (Å²) >= 11 is 7.64. The number of nitrogens with one attached hydrogen (secondary N) is 2. The quantitative estimate of drug-likeness (QED) is 0.174. The molecule has 40 heavy (non-hydrogen) atoms. The molecule has 1 amide bonds. The number of hydrogen-bond donors (Lipinski definition) is 3. The van der Waals surface area contributed by atoms with Crippen LogP contribution in [0.1, 0.15) is 35.8 Å². The van der Waals surface area contributed by atoms with Gasteiger partial charge in [-0.25, -0.2) is 15.0 Å². The summed E-state index contributed by atoms with van der Waals surface area (Å²) in [5.41, 5.74) is 3.13. The predicted octanol–water partition coefficient (Wildman–Crippen LogP) is 7.66. The molecule has 3 N–H and O–H groups in total. The molecular weight excluding hydrogens is 546 g/mol. The highest BCUT2D eigenvalue weighted by molar-refractivity contribution is 7.99. The van der Waals surface area contributed by atoms with Crippen molar-refractivity contribution in [2.24, 2.45) is 0 Å². The first-order chi connectivity index (χ1) is 19.3. The van der Waals surface area contributed by atoms with Crippen LogP contribution in [0.15, 0.2) is 88.9 Å². The first-order valence-corrected chi connectivity index (χ1v) is 13.6. The number of carbonyl (C=O) groups is 1. The lowest BCUT2D eigenvalue weighted by atomic mass is 10.1. The monoisotopic (exact) mass is 571 g/mol. The van der Waals surface area contributed by atoms with Gasteiger partial charge in [0.25, 0.3) is 5.91 Å². The fourth-order valence-corrected chi connectivity index (χ4v) is 5.05. The van der Waals surface area contributed by atoms with Crippen molar-refractivity contribution in [3.63, 3.8) is 0 Å². The zero-order chi connectivity index (χ0) is 28.2. The van der Waals surface area contributed by atoms with Crippen LogP contribution in [-0.2, 0) is 0 Å². The molecule has 5 aromatic rings. The number of ether oxygens (including phenoxy) is 1. The number of halogens is 1. The SMILES string of the molecule is COc1ccc(Cl)cc1C(=O)Nc1ccc(Sc2ccc(O)cc2)c(Nc2ncnc3nc(C(C)C)ccc23)c1. The molecule has 0 fully saturated rings. The maximum atomic E-state index is 13.2. The molecule has 0 spiro atoms. The summed E-state index contributed by atoms with van der Waals surface area (Å²) in [6.45, 7) is 4.17. The maximum Gasteiger partial charge on any atom is 0.259 e. The number of anilines is 3. The van der Waals surface area contributed by atoms with E-state index < -0.39 is 0 Å². The molecule has 0 aliphatic carbocycles. The Bertz CT molecular complexity index is 1700. The van der Waals surface area contributed by atoms with Gasteiger partial charge in [0.05, 0.1) is 23.7 Å². The van der Waals surface area contributed by atoms with Crippen molar-refractivity contribution in [1.82, 2.24) is 15.0 Å². The third-order valence-electron chi connectivity index (χ3n) is 6.07. The summed E-state index contributed by atoms with van der Waals surface area (Å²) in [5.74, 6) is 1.10. The molecular formula is C30H26ClN5O3S. The Morgan fingerprint density at radius 1 is 1.00 bits per heavy atom. The fourth-order valence-electron chi connectivity index (χ4n) is 4.00. The number of methoxy groups -OCH3 is 1. The minimum Gasteiger partial charge on any atom is -0.508 e. The Kier molecular flexibility index (Phi) is 8.04. The molecule has 10 heteroatoms. The largest absolute Gasteiger partial charge is 0.508 e. The van der Waals surface area contributed by atoms with Gasteiger partial charge in [0, 0.05) is 26.2 Å². The van der Waals surface area contributed by atoms with Gasteiger partial charge in [0.15, 0.2) is 5.65 Å². The van der Waals surface area contributed by atoms with E-state index in [1.165, 1.54) is 25.2 Å². The van der Waals surface area contributed by atoms with Crippen LogP contribution in [0, 0.1) is 0 Å². The molecule has 5 rings (SSSR count). The highest BCUT2D eigenvalue weighted by atomic mass is 35.5. The van der Waals surface area contributed by atoms with E-state index in [1.807, 2.05) is 42.5 Å². The van der Waals surface area contributed by atoms with Gasteiger partial charge >= 0.3 is 0 Å². The lowest BCUT2D eigenvalue weighted by Crippen LogP contribution is -2.13. The lowest BCUT2D eigenvalue weighted by Gasteiger charge is -2.16. The van der Waals surface area contributed by atoms with E-state index in [0.29, 0.717) is 39.2 Å². The number of benzene rings is 3. The number of aromatic hydroxyl groups is 1. The second-order valence-electron chi connectivity index (χ2n) is 9.21. The Morgan fingerprint density at radius 3 is 2.55 bits per heavy atom. The number of nitrogens with zero attached hydrogens (tertiary/aromatic N) is 3. The zero-order valence-corrected chi connectivity index (χ0v) is 23.5. The highest BCUT2D eigenvalue weighted by Gasteiger charge is 2.16. The van der Waals surface area contributed by atoms with E-state index >= 15 is 0 Å². The van der Waals surface area contributed by atoms with E-state index in [0.717, 1.165) is 20.9 Å². The maximum absolute atomic E-state index is 13.2. The molecule has 202 valence electrons. The van der Waals surface area contributed by atoms with Crippen molar-refractivity contribution in [1.29, 1.82) is 0 Å². The van der Waals surface area contributed by atoms with E-state index in [9.17, 15) is 9.90 Å². The topological polar surface area (TPSA) is 109 Å². The van der Waals surface area contributed by atoms with Crippen LogP contribution in [0.2, 0.25) is 5.02 Å². The third-order valence-corrected chi connectivity index (χ3v) is 7.39. The molecule has 8 nitrogen and oxygen atoms in total. The number of aromatic nitrogens is 3. The lowest BCUT2D eigenvalue weighted by molar-refractivity contribution is 0.102. The van der Waals surface area contributed by atoms with Crippen molar-refractivity contribution in [2.75, 3.05) is 17.7 Å². The molecule has 0 radical (unpaired) electrons. The number of pyridine rings is 1. The summed E-state index contributed by atoms with van der Waals surface area (Å²) in [6.07, 6.45) is 1.48. The Hall–Kier alpha value is -4.34. The van der Waals surface area contributed by atoms with E-state index in [1.54, 1.807) is 30.3 Å². The van der Waals surface area contributed by atoms with Gasteiger partial charge in [-0.3, -0.25) is 4.79 Å². The second-order valence-corrected chi connectivity index (χ2v) is 10.8. The number of amides is 1. The number of rotatable bonds is 8. The molecule has 0 atom stereocenters. The average Bonchev–Trinajstić information content (AvgIpc) is 2.95. The number of carbonyl (C=O) groups excluding carboxylic acids is 1. The standard InChI is InChI=1S/C30H26ClN5O3S/c1-17(2)24-11-10-22-28(35-24)32-16-33-29(22)36-25-15-19(5-13-27(25)40-21-8-6-20(37)7-9-21)34-30(38)23-14-18(31)4-12-26(23)39-3/h4-17,37H,1-3H3,(H,34,38)(H,32,33,35,36). The third kappa shape index (κ3) is 6.11. The number of fused-ring (bicyclic) bond motifs is 1. The van der Waals surface area contributed by atoms with Gasteiger partial charge in [-0.15, -0.1) is 0 Å². The minimum absolute atomic E-state index is 0.193. The van der Waals surface area contributed by atoms with Gasteiger partial charge in [-0.05, 0) is 78.7 Å². The highest BCUT2D eigenvalue weighted by Crippen LogP contribution is 2.38. The number of phenolic OH excluding ortho intramolecular Hbond substituents is 1. The fraction of sp³-hybridized carbons (Fsp3) is 0.133. The van der Waals surface area contributed by atoms with Crippen LogP contribution in [0.4, 0.5) is 17.2 Å². The Labute approximate surface area is 240 Å². The molecule has 0 unspecified atom stereocenters. The van der Waals surface area contributed by atoms with Crippen LogP contribution < -0.4 is 15.4 Å². The van der Waals surface area contributed by atoms with Crippen molar-refractivity contribution in [3.05, 3.63) is 95.4 Å². The first-order valence-electron chi connectivity index (χ1n) is 12.4. The van der Waals surface area contributed by atoms with E-state index in [-0.39, 0.29) is 17.6 Å². The Balaban J connectivity index is 1.52. The zero-order valence-electron chi connectivity index (χ0n) is 22.0. The summed E-state index contributed by atoms with van der Waals surface area (Å²) in [6, 6.07) is 21.3. The normalized spacial score (nSPS) is 11.0. The molecule has 0 aliphatic heterocycles. The average molecular weight is 572 g/mol. The van der Waals surface area contributed by atoms with E-state index in [2.05, 4.69) is 39.4 Å². The molecule has 3 aromatic carbocycles. The molecule has 2 aromatic heterocycles. The summed E-state index contributed by atoms with van der Waals surface area (Å²) in [4.78, 5) is 28.5. The molecule has 0 aliphatic rings. The summed E-state index contributed by atoms with van der Waals surface area (Å²) in [5, 5.41) is 17.3. The van der Waals surface area contributed by atoms with Crippen molar-refractivity contribution in [2.45, 2.75) is 29.6 Å². The summed E-state index contributed by atoms with van der Waals surface area (Å²) in [7, 11) is 1.50. The van der Waals surface area contributed by atoms with Gasteiger partial charge in [-0.2, -0.15) is 0 Å². The van der Waals surface area contributed by atoms with Crippen LogP contribution >= 0.6 is 23.4 Å². The molecule has 2 heterocycles. The minimum atomic E-state index is -0.359. The van der Waals surface area contributed by atoms with Gasteiger partial charge < -0.3 is 20.5 Å². The van der Waals surface area contributed by atoms with Gasteiger partial charge in [-0.1, -0.05) is 37.2 Å². The van der Waals surface area contributed by atoms with E-state index in [4.69, 9.17) is 16.3 Å². The van der Waals surface area contributed by atoms with Crippen LogP contribution in [0.25, 0.3) is 11.0 Å². The summed E-state index contributed by atoms with van der Waals surface area (Å²) < 4.78 is 5.35. The van der Waals surface area contributed by atoms with Crippen LogP contribution in [0.3, 0.4) is 0 Å². The Morgan fingerprint density at radius 2 is 1.80 bits per heavy atom. The number of hydrogen-bond acceptors (Lipinski definition) is 8. The van der Waals surface area contributed by atoms with Crippen molar-refractivity contribution in [3.8, 4) is 11.5 Å². The molecule has 0 saturated heterocycles. The predicted molar refractivity (Wildman–Crippen MR) is 159 cm³/mol. The van der Waals surface area contributed by atoms with Crippen LogP contribution in [0.5, 0.6) is 11.5 Å². The first kappa shape index (κ1) is 27.2. The van der Waals surface area contributed by atoms with Gasteiger partial charge in [0.1, 0.15) is 23.6 Å². The number of phenols is 1.